The topological polar surface area (TPSA) is 112 Å². The summed E-state index contributed by atoms with van der Waals surface area (Å²) in [5, 5.41) is 15.9. The van der Waals surface area contributed by atoms with Crippen LogP contribution in [0, 0.1) is 0 Å². The maximum atomic E-state index is 12.8. The van der Waals surface area contributed by atoms with Gasteiger partial charge in [-0.1, -0.05) is 5.21 Å². The van der Waals surface area contributed by atoms with Gasteiger partial charge in [-0.2, -0.15) is 8.78 Å². The van der Waals surface area contributed by atoms with Crippen LogP contribution in [0.5, 0.6) is 0 Å². The number of hydrogen-bond acceptors (Lipinski definition) is 9. The Kier molecular flexibility index (Phi) is 5.62. The van der Waals surface area contributed by atoms with E-state index in [1.54, 1.807) is 12.3 Å². The Labute approximate surface area is 185 Å². The molecule has 1 atom stereocenters. The molecule has 0 bridgehead atoms. The number of hydrogen-bond donors (Lipinski definition) is 1. The summed E-state index contributed by atoms with van der Waals surface area (Å²) in [5.74, 6) is -0.152. The fourth-order valence-corrected chi connectivity index (χ4v) is 4.72. The van der Waals surface area contributed by atoms with E-state index in [1.165, 1.54) is 24.2 Å². The zero-order chi connectivity index (χ0) is 22.1. The van der Waals surface area contributed by atoms with Crippen LogP contribution in [0.1, 0.15) is 36.1 Å². The number of anilines is 1. The van der Waals surface area contributed by atoms with Gasteiger partial charge in [0.15, 0.2) is 0 Å². The predicted octanol–water partition coefficient (Wildman–Crippen LogP) is 3.66. The Balaban J connectivity index is 1.45. The second-order valence-corrected chi connectivity index (χ2v) is 8.64. The quantitative estimate of drug-likeness (QED) is 0.447. The molecule has 0 amide bonds. The number of likely N-dealkylation sites (tertiary alicyclic amines) is 1. The first-order valence-electron chi connectivity index (χ1n) is 10.1. The van der Waals surface area contributed by atoms with Gasteiger partial charge in [0.05, 0.1) is 11.1 Å². The van der Waals surface area contributed by atoms with Crippen LogP contribution in [-0.4, -0.2) is 54.7 Å². The van der Waals surface area contributed by atoms with Gasteiger partial charge >= 0.3 is 6.43 Å². The smallest absolute Gasteiger partial charge is 0.314 e. The minimum absolute atomic E-state index is 0.0868. The minimum Gasteiger partial charge on any atom is -0.414 e. The number of nitrogens with zero attached hydrogens (tertiary/aromatic N) is 7. The summed E-state index contributed by atoms with van der Waals surface area (Å²) in [7, 11) is 0. The summed E-state index contributed by atoms with van der Waals surface area (Å²) < 4.78 is 32.6. The van der Waals surface area contributed by atoms with Gasteiger partial charge in [0, 0.05) is 23.2 Å². The monoisotopic (exact) mass is 458 g/mol. The SMILES string of the molecule is Nc1ccc(-c2cn([C@H](CN3CCCC3)c3ccc(-c4nnc(C(F)F)o4)s3)nn2)cn1. The summed E-state index contributed by atoms with van der Waals surface area (Å²) >= 11 is 1.42. The van der Waals surface area contributed by atoms with Gasteiger partial charge in [-0.25, -0.2) is 9.67 Å². The first-order valence-corrected chi connectivity index (χ1v) is 11.0. The van der Waals surface area contributed by atoms with Gasteiger partial charge in [0.2, 0.25) is 0 Å². The molecule has 1 aliphatic heterocycles. The van der Waals surface area contributed by atoms with Crippen molar-refractivity contribution in [3.63, 3.8) is 0 Å². The summed E-state index contributed by atoms with van der Waals surface area (Å²) in [6.45, 7) is 2.81. The number of nitrogens with two attached hydrogens (primary N) is 1. The molecule has 0 radical (unpaired) electrons. The fourth-order valence-electron chi connectivity index (χ4n) is 3.70. The molecule has 5 rings (SSSR count). The van der Waals surface area contributed by atoms with Gasteiger partial charge in [-0.05, 0) is 50.2 Å². The predicted molar refractivity (Wildman–Crippen MR) is 114 cm³/mol. The molecule has 2 N–H and O–H groups in total. The molecule has 9 nitrogen and oxygen atoms in total. The molecule has 1 saturated heterocycles. The number of pyridine rings is 1. The number of thiophene rings is 1. The standard InChI is InChI=1S/C20H20F2N8OS/c21-18(22)20-27-26-19(31-20)16-5-4-15(32-16)14(11-29-7-1-2-8-29)30-10-13(25-28-30)12-3-6-17(23)24-9-12/h3-6,9-10,14,18H,1-2,7-8,11H2,(H2,23,24)/t14-/m1/s1. The molecular weight excluding hydrogens is 438 g/mol. The highest BCUT2D eigenvalue weighted by Crippen LogP contribution is 2.34. The normalized spacial score (nSPS) is 15.6. The van der Waals surface area contributed by atoms with E-state index in [4.69, 9.17) is 10.2 Å². The van der Waals surface area contributed by atoms with Gasteiger partial charge in [-0.15, -0.1) is 26.6 Å². The summed E-state index contributed by atoms with van der Waals surface area (Å²) in [4.78, 5) is 8.14. The summed E-state index contributed by atoms with van der Waals surface area (Å²) in [6.07, 6.45) is 3.09. The first-order chi connectivity index (χ1) is 15.6. The van der Waals surface area contributed by atoms with Crippen LogP contribution in [0.4, 0.5) is 14.6 Å². The highest BCUT2D eigenvalue weighted by Gasteiger charge is 2.25. The second kappa shape index (κ2) is 8.71. The van der Waals surface area contributed by atoms with E-state index < -0.39 is 12.3 Å². The zero-order valence-electron chi connectivity index (χ0n) is 16.9. The van der Waals surface area contributed by atoms with Gasteiger partial charge in [0.1, 0.15) is 17.6 Å². The molecule has 1 aliphatic rings. The van der Waals surface area contributed by atoms with Crippen LogP contribution in [0.2, 0.25) is 0 Å². The van der Waals surface area contributed by atoms with E-state index in [0.29, 0.717) is 16.4 Å². The largest absolute Gasteiger partial charge is 0.414 e. The number of halogens is 2. The van der Waals surface area contributed by atoms with Crippen LogP contribution >= 0.6 is 11.3 Å². The number of rotatable bonds is 7. The van der Waals surface area contributed by atoms with Gasteiger partial charge in [-0.3, -0.25) is 0 Å². The molecule has 0 aliphatic carbocycles. The Morgan fingerprint density at radius 3 is 2.66 bits per heavy atom. The molecule has 1 fully saturated rings. The lowest BCUT2D eigenvalue weighted by atomic mass is 10.2. The highest BCUT2D eigenvalue weighted by atomic mass is 32.1. The lowest BCUT2D eigenvalue weighted by Crippen LogP contribution is -2.29. The molecule has 5 heterocycles. The third kappa shape index (κ3) is 4.23. The summed E-state index contributed by atoms with van der Waals surface area (Å²) in [5.41, 5.74) is 7.19. The van der Waals surface area contributed by atoms with Crippen molar-refractivity contribution in [3.8, 4) is 22.0 Å². The van der Waals surface area contributed by atoms with E-state index in [9.17, 15) is 8.78 Å². The van der Waals surface area contributed by atoms with E-state index in [0.717, 1.165) is 30.1 Å². The van der Waals surface area contributed by atoms with Crippen molar-refractivity contribution in [2.24, 2.45) is 0 Å². The lowest BCUT2D eigenvalue weighted by Gasteiger charge is -2.22. The average Bonchev–Trinajstić information content (AvgIpc) is 3.59. The maximum Gasteiger partial charge on any atom is 0.314 e. The Morgan fingerprint density at radius 1 is 1.09 bits per heavy atom. The molecule has 12 heteroatoms. The second-order valence-electron chi connectivity index (χ2n) is 7.53. The van der Waals surface area contributed by atoms with Crippen molar-refractivity contribution in [1.29, 1.82) is 0 Å². The Morgan fingerprint density at radius 2 is 1.94 bits per heavy atom. The van der Waals surface area contributed by atoms with Crippen LogP contribution in [0.15, 0.2) is 41.1 Å². The van der Waals surface area contributed by atoms with Gasteiger partial charge < -0.3 is 15.1 Å². The number of nitrogen functional groups attached to an aromatic ring is 1. The van der Waals surface area contributed by atoms with Crippen LogP contribution < -0.4 is 5.73 Å². The van der Waals surface area contributed by atoms with Crippen molar-refractivity contribution in [1.82, 2.24) is 35.1 Å². The van der Waals surface area contributed by atoms with Crippen molar-refractivity contribution in [2.45, 2.75) is 25.3 Å². The number of alkyl halides is 2. The van der Waals surface area contributed by atoms with Gasteiger partial charge in [0.25, 0.3) is 11.8 Å². The van der Waals surface area contributed by atoms with E-state index in [1.807, 2.05) is 29.1 Å². The molecule has 0 saturated carbocycles. The van der Waals surface area contributed by atoms with Crippen molar-refractivity contribution < 1.29 is 13.2 Å². The molecule has 0 unspecified atom stereocenters. The average molecular weight is 458 g/mol. The van der Waals surface area contributed by atoms with Crippen LogP contribution in [-0.2, 0) is 0 Å². The van der Waals surface area contributed by atoms with E-state index in [2.05, 4.69) is 30.4 Å². The van der Waals surface area contributed by atoms with E-state index >= 15 is 0 Å². The van der Waals surface area contributed by atoms with Crippen LogP contribution in [0.3, 0.4) is 0 Å². The highest BCUT2D eigenvalue weighted by molar-refractivity contribution is 7.15. The summed E-state index contributed by atoms with van der Waals surface area (Å²) in [6, 6.07) is 7.22. The van der Waals surface area contributed by atoms with Crippen molar-refractivity contribution >= 4 is 17.2 Å². The molecule has 0 aromatic carbocycles. The first kappa shape index (κ1) is 20.6. The molecule has 32 heavy (non-hydrogen) atoms. The third-order valence-corrected chi connectivity index (χ3v) is 6.51. The maximum absolute atomic E-state index is 12.8. The zero-order valence-corrected chi connectivity index (χ0v) is 17.8. The van der Waals surface area contributed by atoms with Crippen molar-refractivity contribution in [3.05, 3.63) is 47.4 Å². The van der Waals surface area contributed by atoms with Crippen LogP contribution in [0.25, 0.3) is 22.0 Å². The lowest BCUT2D eigenvalue weighted by molar-refractivity contribution is 0.116. The molecular formula is C20H20F2N8OS. The Bertz CT molecular complexity index is 1180. The fraction of sp³-hybridized carbons (Fsp3) is 0.350. The van der Waals surface area contributed by atoms with E-state index in [-0.39, 0.29) is 11.9 Å². The third-order valence-electron chi connectivity index (χ3n) is 5.33. The minimum atomic E-state index is -2.80. The molecule has 4 aromatic heterocycles. The van der Waals surface area contributed by atoms with Crippen molar-refractivity contribution in [2.75, 3.05) is 25.4 Å². The Hall–Kier alpha value is -3.25. The number of aromatic nitrogens is 6. The molecule has 0 spiro atoms. The molecule has 166 valence electrons. The molecule has 4 aromatic rings.